The summed E-state index contributed by atoms with van der Waals surface area (Å²) in [5.41, 5.74) is 7.04. The number of amides is 1. The van der Waals surface area contributed by atoms with E-state index in [-0.39, 0.29) is 25.2 Å². The van der Waals surface area contributed by atoms with Crippen molar-refractivity contribution < 1.29 is 46.1 Å². The summed E-state index contributed by atoms with van der Waals surface area (Å²) in [7, 11) is 1.59. The van der Waals surface area contributed by atoms with E-state index >= 15 is 0 Å². The van der Waals surface area contributed by atoms with E-state index in [2.05, 4.69) is 5.32 Å². The van der Waals surface area contributed by atoms with E-state index in [0.29, 0.717) is 13.0 Å². The predicted molar refractivity (Wildman–Crippen MR) is 146 cm³/mol. The third-order valence-electron chi connectivity index (χ3n) is 5.59. The fourth-order valence-electron chi connectivity index (χ4n) is 3.38. The third-order valence-corrected chi connectivity index (χ3v) is 5.59. The molecule has 12 heteroatoms. The Bertz CT molecular complexity index is 1050. The lowest BCUT2D eigenvalue weighted by atomic mass is 10.1. The molecule has 1 saturated heterocycles. The van der Waals surface area contributed by atoms with Crippen LogP contribution in [-0.2, 0) is 42.8 Å². The minimum atomic E-state index is -4.22. The monoisotopic (exact) mass is 588 g/mol. The first kappa shape index (κ1) is 35.8. The molecule has 2 unspecified atom stereocenters. The predicted octanol–water partition coefficient (Wildman–Crippen LogP) is 4.62. The molecule has 0 spiro atoms. The second-order valence-corrected chi connectivity index (χ2v) is 9.33. The summed E-state index contributed by atoms with van der Waals surface area (Å²) < 4.78 is 67.8. The van der Waals surface area contributed by atoms with Gasteiger partial charge in [-0.2, -0.15) is 13.2 Å². The van der Waals surface area contributed by atoms with E-state index in [0.717, 1.165) is 35.4 Å². The number of rotatable bonds is 9. The first-order chi connectivity index (χ1) is 19.2. The third kappa shape index (κ3) is 14.3. The van der Waals surface area contributed by atoms with Gasteiger partial charge in [0.25, 0.3) is 0 Å². The molecule has 1 fully saturated rings. The van der Waals surface area contributed by atoms with Gasteiger partial charge in [0.05, 0.1) is 31.9 Å². The molecule has 0 saturated carbocycles. The molecule has 3 N–H and O–H groups in total. The van der Waals surface area contributed by atoms with Crippen LogP contribution < -0.4 is 15.8 Å². The highest BCUT2D eigenvalue weighted by Crippen LogP contribution is 2.29. The number of nitrogens with one attached hydrogen (secondary N) is 1. The van der Waals surface area contributed by atoms with Crippen molar-refractivity contribution in [2.45, 2.75) is 64.6 Å². The Morgan fingerprint density at radius 2 is 1.66 bits per heavy atom. The Kier molecular flexibility index (Phi) is 15.3. The SMILES string of the molecule is CC1(C)OCC(CF)O1.CCOC(=O)CNC(=O)C(N)Cc1ccc(OC)cc1.CCc1ccc(C(F)(F)F)cc1. The van der Waals surface area contributed by atoms with Crippen LogP contribution in [0.1, 0.15) is 44.4 Å². The van der Waals surface area contributed by atoms with Crippen molar-refractivity contribution in [3.8, 4) is 5.75 Å². The molecule has 0 bridgehead atoms. The minimum Gasteiger partial charge on any atom is -0.497 e. The summed E-state index contributed by atoms with van der Waals surface area (Å²) in [6, 6.07) is 11.8. The molecular formula is C29H40F4N2O6. The van der Waals surface area contributed by atoms with Crippen LogP contribution in [0.15, 0.2) is 48.5 Å². The topological polar surface area (TPSA) is 109 Å². The summed E-state index contributed by atoms with van der Waals surface area (Å²) in [6.45, 7) is 7.21. The average Bonchev–Trinajstić information content (AvgIpc) is 3.31. The Hall–Kier alpha value is -3.22. The van der Waals surface area contributed by atoms with Crippen molar-refractivity contribution in [3.63, 3.8) is 0 Å². The fourth-order valence-corrected chi connectivity index (χ4v) is 3.38. The van der Waals surface area contributed by atoms with Gasteiger partial charge in [0.15, 0.2) is 5.79 Å². The first-order valence-electron chi connectivity index (χ1n) is 13.1. The smallest absolute Gasteiger partial charge is 0.416 e. The Morgan fingerprint density at radius 1 is 1.07 bits per heavy atom. The highest BCUT2D eigenvalue weighted by molar-refractivity contribution is 5.85. The van der Waals surface area contributed by atoms with Crippen LogP contribution >= 0.6 is 0 Å². The van der Waals surface area contributed by atoms with Gasteiger partial charge in [0.2, 0.25) is 5.91 Å². The lowest BCUT2D eigenvalue weighted by molar-refractivity contribution is -0.143. The number of benzene rings is 2. The van der Waals surface area contributed by atoms with Gasteiger partial charge in [0.1, 0.15) is 25.1 Å². The number of aryl methyl sites for hydroxylation is 1. The van der Waals surface area contributed by atoms with Crippen LogP contribution in [-0.4, -0.2) is 63.4 Å². The minimum absolute atomic E-state index is 0.164. The molecule has 2 aromatic carbocycles. The Balaban J connectivity index is 0.000000338. The van der Waals surface area contributed by atoms with E-state index < -0.39 is 36.2 Å². The van der Waals surface area contributed by atoms with Gasteiger partial charge in [-0.05, 0) is 69.0 Å². The lowest BCUT2D eigenvalue weighted by Gasteiger charge is -2.15. The zero-order valence-electron chi connectivity index (χ0n) is 24.1. The summed E-state index contributed by atoms with van der Waals surface area (Å²) in [5.74, 6) is -0.683. The normalized spacial score (nSPS) is 16.3. The van der Waals surface area contributed by atoms with Crippen molar-refractivity contribution in [2.75, 3.05) is 33.5 Å². The van der Waals surface area contributed by atoms with Crippen LogP contribution in [0.25, 0.3) is 0 Å². The second kappa shape index (κ2) is 17.6. The number of carbonyl (C=O) groups is 2. The number of hydrogen-bond acceptors (Lipinski definition) is 7. The summed E-state index contributed by atoms with van der Waals surface area (Å²) >= 11 is 0. The fraction of sp³-hybridized carbons (Fsp3) is 0.517. The lowest BCUT2D eigenvalue weighted by Crippen LogP contribution is -2.44. The number of alkyl halides is 4. The number of hydrogen-bond donors (Lipinski definition) is 2. The number of methoxy groups -OCH3 is 1. The molecule has 230 valence electrons. The maximum atomic E-state index is 12.0. The van der Waals surface area contributed by atoms with Crippen molar-refractivity contribution in [1.82, 2.24) is 5.32 Å². The number of esters is 1. The van der Waals surface area contributed by atoms with Gasteiger partial charge in [-0.25, -0.2) is 4.39 Å². The van der Waals surface area contributed by atoms with Gasteiger partial charge in [-0.3, -0.25) is 9.59 Å². The van der Waals surface area contributed by atoms with Crippen LogP contribution in [0.5, 0.6) is 5.75 Å². The molecule has 3 rings (SSSR count). The number of nitrogens with two attached hydrogens (primary N) is 1. The Morgan fingerprint density at radius 3 is 2.07 bits per heavy atom. The standard InChI is InChI=1S/C14H20N2O4.C9H9F3.C6H11FO2/c1-3-20-13(17)9-16-14(18)12(15)8-10-4-6-11(19-2)7-5-10;1-2-7-3-5-8(6-4-7)9(10,11)12;1-6(2)8-4-5(3-7)9-6/h4-7,12H,3,8-9,15H2,1-2H3,(H,16,18);3-6H,2H2,1H3;5H,3-4H2,1-2H3. The van der Waals surface area contributed by atoms with Gasteiger partial charge in [0, 0.05) is 0 Å². The Labute approximate surface area is 238 Å². The number of halogens is 4. The van der Waals surface area contributed by atoms with E-state index in [9.17, 15) is 27.2 Å². The molecular weight excluding hydrogens is 548 g/mol. The molecule has 0 aromatic heterocycles. The average molecular weight is 589 g/mol. The summed E-state index contributed by atoms with van der Waals surface area (Å²) in [6.07, 6.45) is -3.41. The van der Waals surface area contributed by atoms with Crippen LogP contribution in [0, 0.1) is 0 Å². The first-order valence-corrected chi connectivity index (χ1v) is 13.1. The van der Waals surface area contributed by atoms with Crippen molar-refractivity contribution in [1.29, 1.82) is 0 Å². The molecule has 1 aliphatic rings. The molecule has 1 amide bonds. The quantitative estimate of drug-likeness (QED) is 0.325. The zero-order chi connectivity index (χ0) is 31.1. The molecule has 8 nitrogen and oxygen atoms in total. The van der Waals surface area contributed by atoms with Gasteiger partial charge < -0.3 is 30.0 Å². The van der Waals surface area contributed by atoms with Crippen molar-refractivity contribution >= 4 is 11.9 Å². The highest BCUT2D eigenvalue weighted by atomic mass is 19.4. The molecule has 2 aromatic rings. The number of carbonyl (C=O) groups excluding carboxylic acids is 2. The summed E-state index contributed by atoms with van der Waals surface area (Å²) in [5, 5.41) is 2.45. The van der Waals surface area contributed by atoms with E-state index in [1.54, 1.807) is 40.0 Å². The number of ether oxygens (including phenoxy) is 4. The van der Waals surface area contributed by atoms with Crippen molar-refractivity contribution in [2.24, 2.45) is 5.73 Å². The molecule has 0 aliphatic carbocycles. The largest absolute Gasteiger partial charge is 0.497 e. The molecule has 1 aliphatic heterocycles. The summed E-state index contributed by atoms with van der Waals surface area (Å²) in [4.78, 5) is 22.8. The highest BCUT2D eigenvalue weighted by Gasteiger charge is 2.32. The molecule has 0 radical (unpaired) electrons. The van der Waals surface area contributed by atoms with Crippen LogP contribution in [0.2, 0.25) is 0 Å². The van der Waals surface area contributed by atoms with E-state index in [1.807, 2.05) is 19.1 Å². The van der Waals surface area contributed by atoms with Gasteiger partial charge in [-0.1, -0.05) is 31.2 Å². The maximum absolute atomic E-state index is 12.0. The van der Waals surface area contributed by atoms with E-state index in [4.69, 9.17) is 24.7 Å². The van der Waals surface area contributed by atoms with Crippen molar-refractivity contribution in [3.05, 3.63) is 65.2 Å². The molecule has 1 heterocycles. The van der Waals surface area contributed by atoms with Gasteiger partial charge in [-0.15, -0.1) is 0 Å². The second-order valence-electron chi connectivity index (χ2n) is 9.33. The molecule has 41 heavy (non-hydrogen) atoms. The molecule has 2 atom stereocenters. The zero-order valence-corrected chi connectivity index (χ0v) is 24.1. The van der Waals surface area contributed by atoms with Crippen LogP contribution in [0.4, 0.5) is 17.6 Å². The van der Waals surface area contributed by atoms with Gasteiger partial charge >= 0.3 is 12.1 Å². The maximum Gasteiger partial charge on any atom is 0.416 e. The van der Waals surface area contributed by atoms with E-state index in [1.165, 1.54) is 12.1 Å². The van der Waals surface area contributed by atoms with Crippen LogP contribution in [0.3, 0.4) is 0 Å².